The van der Waals surface area contributed by atoms with E-state index in [1.54, 1.807) is 7.11 Å². The van der Waals surface area contributed by atoms with Crippen molar-refractivity contribution in [3.63, 3.8) is 0 Å². The van der Waals surface area contributed by atoms with Gasteiger partial charge in [-0.15, -0.1) is 10.2 Å². The van der Waals surface area contributed by atoms with E-state index in [0.29, 0.717) is 19.5 Å². The van der Waals surface area contributed by atoms with Gasteiger partial charge in [-0.2, -0.15) is 0 Å². The monoisotopic (exact) mass is 446 g/mol. The molecule has 0 N–H and O–H groups in total. The highest BCUT2D eigenvalue weighted by Crippen LogP contribution is 2.35. The molecule has 2 aliphatic heterocycles. The Balaban J connectivity index is 1.13. The number of aryl methyl sites for hydroxylation is 1. The van der Waals surface area contributed by atoms with Crippen molar-refractivity contribution >= 4 is 11.7 Å². The van der Waals surface area contributed by atoms with Crippen LogP contribution >= 0.6 is 0 Å². The molecule has 8 heteroatoms. The van der Waals surface area contributed by atoms with Crippen LogP contribution in [0.25, 0.3) is 11.3 Å². The number of amides is 1. The van der Waals surface area contributed by atoms with Crippen LogP contribution in [-0.4, -0.2) is 61.1 Å². The maximum Gasteiger partial charge on any atom is 0.231 e. The Kier molecular flexibility index (Phi) is 5.97. The number of carbonyl (C=O) groups excluding carboxylic acids is 1. The lowest BCUT2D eigenvalue weighted by Gasteiger charge is -2.35. The number of carbonyl (C=O) groups is 1. The fraction of sp³-hybridized carbons (Fsp3) is 0.320. The van der Waals surface area contributed by atoms with Crippen LogP contribution in [0.15, 0.2) is 54.6 Å². The zero-order valence-corrected chi connectivity index (χ0v) is 18.6. The zero-order valence-electron chi connectivity index (χ0n) is 18.6. The summed E-state index contributed by atoms with van der Waals surface area (Å²) in [5.74, 6) is 3.32. The first-order valence-corrected chi connectivity index (χ1v) is 11.1. The molecule has 1 amide bonds. The number of methoxy groups -OCH3 is 1. The molecule has 3 aromatic rings. The molecule has 0 aliphatic carbocycles. The largest absolute Gasteiger partial charge is 0.497 e. The van der Waals surface area contributed by atoms with Crippen LogP contribution in [0.2, 0.25) is 0 Å². The molecule has 0 saturated carbocycles. The van der Waals surface area contributed by atoms with E-state index >= 15 is 0 Å². The molecule has 8 nitrogen and oxygen atoms in total. The van der Waals surface area contributed by atoms with Gasteiger partial charge in [-0.3, -0.25) is 4.79 Å². The molecule has 0 unspecified atom stereocenters. The van der Waals surface area contributed by atoms with Crippen LogP contribution in [0.4, 0.5) is 5.82 Å². The predicted octanol–water partition coefficient (Wildman–Crippen LogP) is 3.16. The first kappa shape index (κ1) is 21.1. The van der Waals surface area contributed by atoms with Gasteiger partial charge in [-0.25, -0.2) is 0 Å². The highest BCUT2D eigenvalue weighted by Gasteiger charge is 2.22. The summed E-state index contributed by atoms with van der Waals surface area (Å²) < 4.78 is 16.0. The summed E-state index contributed by atoms with van der Waals surface area (Å²) in [5.41, 5.74) is 2.86. The van der Waals surface area contributed by atoms with E-state index in [9.17, 15) is 4.79 Å². The fourth-order valence-electron chi connectivity index (χ4n) is 4.09. The second-order valence-electron chi connectivity index (χ2n) is 8.06. The number of ether oxygens (including phenoxy) is 3. The summed E-state index contributed by atoms with van der Waals surface area (Å²) in [5, 5.41) is 8.82. The molecule has 1 saturated heterocycles. The predicted molar refractivity (Wildman–Crippen MR) is 124 cm³/mol. The topological polar surface area (TPSA) is 77.0 Å². The van der Waals surface area contributed by atoms with Gasteiger partial charge in [0.1, 0.15) is 5.75 Å². The van der Waals surface area contributed by atoms with Crippen molar-refractivity contribution < 1.29 is 19.0 Å². The fourth-order valence-corrected chi connectivity index (χ4v) is 4.09. The lowest BCUT2D eigenvalue weighted by molar-refractivity contribution is -0.131. The third-order valence-corrected chi connectivity index (χ3v) is 6.06. The quantitative estimate of drug-likeness (QED) is 0.576. The van der Waals surface area contributed by atoms with Gasteiger partial charge in [0.2, 0.25) is 12.7 Å². The number of fused-ring (bicyclic) bond motifs is 1. The van der Waals surface area contributed by atoms with Crippen LogP contribution in [0.5, 0.6) is 17.2 Å². The lowest BCUT2D eigenvalue weighted by atomic mass is 10.1. The van der Waals surface area contributed by atoms with Crippen molar-refractivity contribution in [3.05, 3.63) is 60.2 Å². The minimum absolute atomic E-state index is 0.190. The van der Waals surface area contributed by atoms with Crippen LogP contribution < -0.4 is 19.1 Å². The first-order chi connectivity index (χ1) is 16.2. The molecular formula is C25H26N4O4. The molecular weight excluding hydrogens is 420 g/mol. The molecule has 0 spiro atoms. The highest BCUT2D eigenvalue weighted by molar-refractivity contribution is 5.76. The van der Waals surface area contributed by atoms with E-state index in [1.807, 2.05) is 59.5 Å². The Hall–Kier alpha value is -3.81. The van der Waals surface area contributed by atoms with E-state index in [1.165, 1.54) is 0 Å². The van der Waals surface area contributed by atoms with Crippen molar-refractivity contribution in [1.82, 2.24) is 15.1 Å². The number of benzene rings is 2. The maximum atomic E-state index is 12.7. The number of piperazine rings is 1. The van der Waals surface area contributed by atoms with Crippen LogP contribution in [0.1, 0.15) is 12.0 Å². The van der Waals surface area contributed by atoms with Crippen molar-refractivity contribution in [3.8, 4) is 28.5 Å². The van der Waals surface area contributed by atoms with Gasteiger partial charge in [0.25, 0.3) is 0 Å². The molecule has 2 aliphatic rings. The van der Waals surface area contributed by atoms with Gasteiger partial charge < -0.3 is 24.0 Å². The molecule has 1 aromatic heterocycles. The van der Waals surface area contributed by atoms with Gasteiger partial charge in [0.15, 0.2) is 17.3 Å². The Morgan fingerprint density at radius 1 is 0.939 bits per heavy atom. The molecule has 0 atom stereocenters. The molecule has 5 rings (SSSR count). The Labute approximate surface area is 192 Å². The van der Waals surface area contributed by atoms with E-state index < -0.39 is 0 Å². The summed E-state index contributed by atoms with van der Waals surface area (Å²) in [4.78, 5) is 16.8. The van der Waals surface area contributed by atoms with Gasteiger partial charge >= 0.3 is 0 Å². The Morgan fingerprint density at radius 3 is 2.45 bits per heavy atom. The molecule has 1 fully saturated rings. The molecule has 0 radical (unpaired) electrons. The normalized spacial score (nSPS) is 14.9. The molecule has 170 valence electrons. The molecule has 33 heavy (non-hydrogen) atoms. The van der Waals surface area contributed by atoms with Gasteiger partial charge in [-0.1, -0.05) is 12.1 Å². The number of rotatable bonds is 6. The average Bonchev–Trinajstić information content (AvgIpc) is 3.36. The summed E-state index contributed by atoms with van der Waals surface area (Å²) >= 11 is 0. The molecule has 2 aromatic carbocycles. The second kappa shape index (κ2) is 9.36. The van der Waals surface area contributed by atoms with Crippen molar-refractivity contribution in [1.29, 1.82) is 0 Å². The van der Waals surface area contributed by atoms with E-state index in [-0.39, 0.29) is 12.7 Å². The maximum absolute atomic E-state index is 12.7. The van der Waals surface area contributed by atoms with Crippen LogP contribution in [0, 0.1) is 0 Å². The number of hydrogen-bond donors (Lipinski definition) is 0. The van der Waals surface area contributed by atoms with Gasteiger partial charge in [-0.05, 0) is 54.4 Å². The number of hydrogen-bond acceptors (Lipinski definition) is 7. The SMILES string of the molecule is COc1ccc(CCC(=O)N2CCN(c3ccc(-c4ccc5c(c4)OCO5)nn3)CC2)cc1. The molecule has 3 heterocycles. The molecule has 0 bridgehead atoms. The minimum Gasteiger partial charge on any atom is -0.497 e. The lowest BCUT2D eigenvalue weighted by Crippen LogP contribution is -2.49. The van der Waals surface area contributed by atoms with E-state index in [4.69, 9.17) is 14.2 Å². The zero-order chi connectivity index (χ0) is 22.6. The second-order valence-corrected chi connectivity index (χ2v) is 8.06. The number of anilines is 1. The summed E-state index contributed by atoms with van der Waals surface area (Å²) in [6.07, 6.45) is 1.24. The van der Waals surface area contributed by atoms with Crippen LogP contribution in [0.3, 0.4) is 0 Å². The van der Waals surface area contributed by atoms with Crippen molar-refractivity contribution in [2.24, 2.45) is 0 Å². The third kappa shape index (κ3) is 4.69. The van der Waals surface area contributed by atoms with Crippen LogP contribution in [-0.2, 0) is 11.2 Å². The average molecular weight is 447 g/mol. The van der Waals surface area contributed by atoms with Crippen molar-refractivity contribution in [2.75, 3.05) is 45.0 Å². The summed E-state index contributed by atoms with van der Waals surface area (Å²) in [6, 6.07) is 17.6. The van der Waals surface area contributed by atoms with Gasteiger partial charge in [0, 0.05) is 38.2 Å². The smallest absolute Gasteiger partial charge is 0.231 e. The summed E-state index contributed by atoms with van der Waals surface area (Å²) in [6.45, 7) is 3.11. The number of nitrogens with zero attached hydrogens (tertiary/aromatic N) is 4. The Bertz CT molecular complexity index is 1110. The summed E-state index contributed by atoms with van der Waals surface area (Å²) in [7, 11) is 1.65. The van der Waals surface area contributed by atoms with Crippen molar-refractivity contribution in [2.45, 2.75) is 12.8 Å². The Morgan fingerprint density at radius 2 is 1.73 bits per heavy atom. The van der Waals surface area contributed by atoms with E-state index in [2.05, 4.69) is 15.1 Å². The van der Waals surface area contributed by atoms with Gasteiger partial charge in [0.05, 0.1) is 12.8 Å². The minimum atomic E-state index is 0.190. The van der Waals surface area contributed by atoms with E-state index in [0.717, 1.165) is 59.4 Å². The highest BCUT2D eigenvalue weighted by atomic mass is 16.7. The first-order valence-electron chi connectivity index (χ1n) is 11.1. The number of aromatic nitrogens is 2. The third-order valence-electron chi connectivity index (χ3n) is 6.06. The standard InChI is InChI=1S/C25H26N4O4/c1-31-20-6-2-18(3-7-20)4-11-25(30)29-14-12-28(13-15-29)24-10-8-21(26-27-24)19-5-9-22-23(16-19)33-17-32-22/h2-3,5-10,16H,4,11-15,17H2,1H3.